The lowest BCUT2D eigenvalue weighted by Gasteiger charge is -2.02. The SMILES string of the molecule is C=COC(C)=O.CC(C)CCCCCC(=O)O. The van der Waals surface area contributed by atoms with Gasteiger partial charge in [-0.05, 0) is 12.3 Å². The standard InChI is InChI=1S/C9H18O2.C4H6O2/c1-8(2)6-4-3-5-7-9(10)11;1-3-6-4(2)5/h8H,3-7H2,1-2H3,(H,10,11);3H,1H2,2H3. The second kappa shape index (κ2) is 12.7. The fourth-order valence-corrected chi connectivity index (χ4v) is 1.12. The van der Waals surface area contributed by atoms with Crippen molar-refractivity contribution in [3.8, 4) is 0 Å². The van der Waals surface area contributed by atoms with Crippen molar-refractivity contribution in [2.75, 3.05) is 0 Å². The summed E-state index contributed by atoms with van der Waals surface area (Å²) in [6.07, 6.45) is 5.72. The lowest BCUT2D eigenvalue weighted by atomic mass is 10.0. The first-order valence-corrected chi connectivity index (χ1v) is 5.90. The average Bonchev–Trinajstić information content (AvgIpc) is 2.16. The van der Waals surface area contributed by atoms with E-state index in [9.17, 15) is 9.59 Å². The van der Waals surface area contributed by atoms with Crippen LogP contribution in [0.4, 0.5) is 0 Å². The zero-order valence-electron chi connectivity index (χ0n) is 11.1. The summed E-state index contributed by atoms with van der Waals surface area (Å²) in [5, 5.41) is 8.32. The van der Waals surface area contributed by atoms with Gasteiger partial charge in [-0.25, -0.2) is 0 Å². The number of aliphatic carboxylic acids is 1. The van der Waals surface area contributed by atoms with Gasteiger partial charge in [0.1, 0.15) is 0 Å². The molecule has 0 rings (SSSR count). The van der Waals surface area contributed by atoms with Gasteiger partial charge in [-0.15, -0.1) is 0 Å². The van der Waals surface area contributed by atoms with Crippen molar-refractivity contribution in [1.82, 2.24) is 0 Å². The number of carbonyl (C=O) groups excluding carboxylic acids is 1. The van der Waals surface area contributed by atoms with E-state index in [4.69, 9.17) is 5.11 Å². The summed E-state index contributed by atoms with van der Waals surface area (Å²) in [5.41, 5.74) is 0. The first-order valence-electron chi connectivity index (χ1n) is 5.90. The number of ether oxygens (including phenoxy) is 1. The lowest BCUT2D eigenvalue weighted by molar-refractivity contribution is -0.137. The normalized spacial score (nSPS) is 9.18. The van der Waals surface area contributed by atoms with Crippen LogP contribution < -0.4 is 0 Å². The molecule has 4 nitrogen and oxygen atoms in total. The van der Waals surface area contributed by atoms with Crippen molar-refractivity contribution in [3.05, 3.63) is 12.8 Å². The Hall–Kier alpha value is -1.32. The Morgan fingerprint density at radius 3 is 2.18 bits per heavy atom. The Kier molecular flexibility index (Phi) is 13.5. The van der Waals surface area contributed by atoms with Gasteiger partial charge in [-0.2, -0.15) is 0 Å². The Morgan fingerprint density at radius 2 is 1.88 bits per heavy atom. The third-order valence-corrected chi connectivity index (χ3v) is 1.92. The molecule has 0 saturated carbocycles. The third-order valence-electron chi connectivity index (χ3n) is 1.92. The number of carboxylic acids is 1. The molecule has 0 atom stereocenters. The van der Waals surface area contributed by atoms with Crippen LogP contribution in [0, 0.1) is 5.92 Å². The molecule has 0 fully saturated rings. The maximum atomic E-state index is 10.1. The molecule has 0 aliphatic carbocycles. The van der Waals surface area contributed by atoms with Gasteiger partial charge < -0.3 is 9.84 Å². The number of rotatable bonds is 7. The summed E-state index contributed by atoms with van der Waals surface area (Å²) in [6.45, 7) is 8.86. The van der Waals surface area contributed by atoms with Gasteiger partial charge in [0, 0.05) is 13.3 Å². The number of carbonyl (C=O) groups is 2. The molecule has 0 amide bonds. The molecular formula is C13H24O4. The lowest BCUT2D eigenvalue weighted by Crippen LogP contribution is -1.94. The summed E-state index contributed by atoms with van der Waals surface area (Å²) in [5.74, 6) is -0.251. The third kappa shape index (κ3) is 25.2. The van der Waals surface area contributed by atoms with Crippen LogP contribution in [0.25, 0.3) is 0 Å². The van der Waals surface area contributed by atoms with E-state index in [1.807, 2.05) is 0 Å². The summed E-state index contributed by atoms with van der Waals surface area (Å²) in [6, 6.07) is 0. The number of carboxylic acid groups (broad SMARTS) is 1. The van der Waals surface area contributed by atoms with Gasteiger partial charge in [-0.1, -0.05) is 39.7 Å². The van der Waals surface area contributed by atoms with Gasteiger partial charge >= 0.3 is 11.9 Å². The highest BCUT2D eigenvalue weighted by Gasteiger charge is 1.97. The van der Waals surface area contributed by atoms with Crippen LogP contribution in [0.1, 0.15) is 52.9 Å². The van der Waals surface area contributed by atoms with Crippen molar-refractivity contribution >= 4 is 11.9 Å². The molecule has 0 unspecified atom stereocenters. The van der Waals surface area contributed by atoms with Gasteiger partial charge in [0.2, 0.25) is 0 Å². The fraction of sp³-hybridized carbons (Fsp3) is 0.692. The molecule has 17 heavy (non-hydrogen) atoms. The van der Waals surface area contributed by atoms with E-state index in [1.165, 1.54) is 19.8 Å². The molecule has 0 saturated heterocycles. The van der Waals surface area contributed by atoms with Crippen LogP contribution in [0.3, 0.4) is 0 Å². The molecule has 0 aromatic rings. The number of hydrogen-bond acceptors (Lipinski definition) is 3. The van der Waals surface area contributed by atoms with E-state index in [1.54, 1.807) is 0 Å². The van der Waals surface area contributed by atoms with Gasteiger partial charge in [0.15, 0.2) is 0 Å². The molecule has 0 bridgehead atoms. The first-order chi connectivity index (χ1) is 7.90. The highest BCUT2D eigenvalue weighted by molar-refractivity contribution is 5.66. The Labute approximate surface area is 104 Å². The smallest absolute Gasteiger partial charge is 0.307 e. The zero-order valence-corrected chi connectivity index (χ0v) is 11.1. The van der Waals surface area contributed by atoms with Gasteiger partial charge in [-0.3, -0.25) is 9.59 Å². The van der Waals surface area contributed by atoms with Crippen LogP contribution in [-0.4, -0.2) is 17.0 Å². The predicted octanol–water partition coefficient (Wildman–Crippen LogP) is 3.37. The first kappa shape index (κ1) is 18.1. The molecule has 0 aliphatic rings. The summed E-state index contributed by atoms with van der Waals surface area (Å²) >= 11 is 0. The maximum Gasteiger partial charge on any atom is 0.307 e. The largest absolute Gasteiger partial charge is 0.481 e. The van der Waals surface area contributed by atoms with Crippen molar-refractivity contribution in [1.29, 1.82) is 0 Å². The maximum absolute atomic E-state index is 10.1. The molecule has 0 aliphatic heterocycles. The summed E-state index contributed by atoms with van der Waals surface area (Å²) in [7, 11) is 0. The molecule has 4 heteroatoms. The topological polar surface area (TPSA) is 63.6 Å². The zero-order chi connectivity index (χ0) is 13.7. The van der Waals surface area contributed by atoms with Crippen molar-refractivity contribution in [3.63, 3.8) is 0 Å². The minimum Gasteiger partial charge on any atom is -0.481 e. The van der Waals surface area contributed by atoms with Crippen molar-refractivity contribution in [2.24, 2.45) is 5.92 Å². The summed E-state index contributed by atoms with van der Waals surface area (Å²) in [4.78, 5) is 19.8. The van der Waals surface area contributed by atoms with Crippen LogP contribution >= 0.6 is 0 Å². The van der Waals surface area contributed by atoms with E-state index in [0.717, 1.165) is 25.0 Å². The Balaban J connectivity index is 0. The van der Waals surface area contributed by atoms with Crippen LogP contribution in [0.15, 0.2) is 12.8 Å². The number of unbranched alkanes of at least 4 members (excludes halogenated alkanes) is 2. The Morgan fingerprint density at radius 1 is 1.29 bits per heavy atom. The van der Waals surface area contributed by atoms with E-state index in [0.29, 0.717) is 6.42 Å². The highest BCUT2D eigenvalue weighted by atomic mass is 16.5. The van der Waals surface area contributed by atoms with E-state index < -0.39 is 5.97 Å². The number of hydrogen-bond donors (Lipinski definition) is 1. The molecule has 100 valence electrons. The van der Waals surface area contributed by atoms with E-state index in [-0.39, 0.29) is 5.97 Å². The van der Waals surface area contributed by atoms with Crippen molar-refractivity contribution < 1.29 is 19.4 Å². The predicted molar refractivity (Wildman–Crippen MR) is 67.5 cm³/mol. The monoisotopic (exact) mass is 244 g/mol. The molecule has 0 heterocycles. The molecule has 1 N–H and O–H groups in total. The molecular weight excluding hydrogens is 220 g/mol. The van der Waals surface area contributed by atoms with E-state index >= 15 is 0 Å². The molecule has 0 aromatic carbocycles. The number of esters is 1. The second-order valence-corrected chi connectivity index (χ2v) is 4.16. The summed E-state index contributed by atoms with van der Waals surface area (Å²) < 4.78 is 4.17. The fourth-order valence-electron chi connectivity index (χ4n) is 1.12. The van der Waals surface area contributed by atoms with Crippen molar-refractivity contribution in [2.45, 2.75) is 52.9 Å². The Bertz CT molecular complexity index is 221. The average molecular weight is 244 g/mol. The minimum atomic E-state index is -0.672. The quantitative estimate of drug-likeness (QED) is 0.423. The highest BCUT2D eigenvalue weighted by Crippen LogP contribution is 2.08. The molecule has 0 radical (unpaired) electrons. The van der Waals surface area contributed by atoms with E-state index in [2.05, 4.69) is 25.2 Å². The minimum absolute atomic E-state index is 0.329. The van der Waals surface area contributed by atoms with Crippen LogP contribution in [-0.2, 0) is 14.3 Å². The van der Waals surface area contributed by atoms with Gasteiger partial charge in [0.05, 0.1) is 6.26 Å². The second-order valence-electron chi connectivity index (χ2n) is 4.16. The molecule has 0 aromatic heterocycles. The van der Waals surface area contributed by atoms with Crippen LogP contribution in [0.2, 0.25) is 0 Å². The van der Waals surface area contributed by atoms with Crippen LogP contribution in [0.5, 0.6) is 0 Å². The molecule has 0 spiro atoms. The van der Waals surface area contributed by atoms with Gasteiger partial charge in [0.25, 0.3) is 0 Å².